The van der Waals surface area contributed by atoms with E-state index in [1.54, 1.807) is 0 Å². The third-order valence-corrected chi connectivity index (χ3v) is 11.5. The molecule has 2 heterocycles. The number of nitrogens with zero attached hydrogens (tertiary/aromatic N) is 1. The molecule has 0 aliphatic heterocycles. The fourth-order valence-corrected chi connectivity index (χ4v) is 8.81. The standard InChI is InChI=1S/C51H35NO2/c1-51(2)42-15-8-6-14-39(42)48-43(51)29-28-40-49-44(16-10-18-47(49)54-50(40)48)52(36-24-19-33(20-25-36)32-11-4-3-5-12-32)37-26-21-34(22-27-37)35-23-30-46-41(31-35)38-13-7-9-17-45(38)53-46/h3-31H,1-2H3. The lowest BCUT2D eigenvalue weighted by Gasteiger charge is -2.26. The summed E-state index contributed by atoms with van der Waals surface area (Å²) in [6, 6.07) is 62.9. The van der Waals surface area contributed by atoms with Gasteiger partial charge in [0.2, 0.25) is 0 Å². The van der Waals surface area contributed by atoms with Crippen molar-refractivity contribution in [2.75, 3.05) is 4.90 Å². The molecule has 0 spiro atoms. The van der Waals surface area contributed by atoms with Gasteiger partial charge in [-0.2, -0.15) is 0 Å². The molecule has 3 heteroatoms. The summed E-state index contributed by atoms with van der Waals surface area (Å²) < 4.78 is 13.0. The second-order valence-corrected chi connectivity index (χ2v) is 14.9. The van der Waals surface area contributed by atoms with E-state index in [2.05, 4.69) is 183 Å². The Hall–Kier alpha value is -6.84. The fourth-order valence-electron chi connectivity index (χ4n) is 8.81. The molecular weight excluding hydrogens is 659 g/mol. The maximum atomic E-state index is 6.89. The van der Waals surface area contributed by atoms with Gasteiger partial charge in [-0.1, -0.05) is 135 Å². The molecule has 0 fully saturated rings. The van der Waals surface area contributed by atoms with Crippen molar-refractivity contribution >= 4 is 60.9 Å². The molecule has 1 aliphatic rings. The van der Waals surface area contributed by atoms with E-state index in [9.17, 15) is 0 Å². The van der Waals surface area contributed by atoms with Crippen LogP contribution < -0.4 is 4.90 Å². The van der Waals surface area contributed by atoms with Gasteiger partial charge in [0.25, 0.3) is 0 Å². The van der Waals surface area contributed by atoms with Crippen molar-refractivity contribution in [1.29, 1.82) is 0 Å². The van der Waals surface area contributed by atoms with Crippen LogP contribution in [0.15, 0.2) is 185 Å². The summed E-state index contributed by atoms with van der Waals surface area (Å²) in [5.41, 5.74) is 16.5. The zero-order valence-electron chi connectivity index (χ0n) is 30.0. The van der Waals surface area contributed by atoms with E-state index in [0.717, 1.165) is 72.1 Å². The maximum Gasteiger partial charge on any atom is 0.143 e. The maximum absolute atomic E-state index is 6.89. The molecule has 54 heavy (non-hydrogen) atoms. The highest BCUT2D eigenvalue weighted by molar-refractivity contribution is 6.17. The minimum absolute atomic E-state index is 0.106. The average Bonchev–Trinajstić information content (AvgIpc) is 3.87. The first-order chi connectivity index (χ1) is 26.5. The Morgan fingerprint density at radius 3 is 1.85 bits per heavy atom. The fraction of sp³-hybridized carbons (Fsp3) is 0.0588. The Bertz CT molecular complexity index is 3060. The van der Waals surface area contributed by atoms with E-state index >= 15 is 0 Å². The Morgan fingerprint density at radius 2 is 1.06 bits per heavy atom. The van der Waals surface area contributed by atoms with Gasteiger partial charge < -0.3 is 13.7 Å². The highest BCUT2D eigenvalue weighted by Gasteiger charge is 2.37. The summed E-state index contributed by atoms with van der Waals surface area (Å²) in [5, 5.41) is 4.48. The van der Waals surface area contributed by atoms with Crippen LogP contribution in [0.1, 0.15) is 25.0 Å². The highest BCUT2D eigenvalue weighted by Crippen LogP contribution is 2.53. The van der Waals surface area contributed by atoms with E-state index in [4.69, 9.17) is 8.83 Å². The minimum atomic E-state index is -0.106. The van der Waals surface area contributed by atoms with Crippen molar-refractivity contribution < 1.29 is 8.83 Å². The van der Waals surface area contributed by atoms with Crippen molar-refractivity contribution in [3.05, 3.63) is 187 Å². The lowest BCUT2D eigenvalue weighted by atomic mass is 9.82. The number of benzene rings is 8. The van der Waals surface area contributed by atoms with E-state index in [1.165, 1.54) is 33.4 Å². The molecule has 0 atom stereocenters. The Labute approximate surface area is 313 Å². The van der Waals surface area contributed by atoms with Crippen LogP contribution in [0, 0.1) is 0 Å². The quantitative estimate of drug-likeness (QED) is 0.180. The third-order valence-electron chi connectivity index (χ3n) is 11.5. The predicted molar refractivity (Wildman–Crippen MR) is 224 cm³/mol. The largest absolute Gasteiger partial charge is 0.456 e. The molecule has 0 saturated carbocycles. The molecule has 256 valence electrons. The van der Waals surface area contributed by atoms with Gasteiger partial charge in [-0.3, -0.25) is 0 Å². The molecule has 10 aromatic rings. The van der Waals surface area contributed by atoms with Crippen LogP contribution in [0.4, 0.5) is 17.1 Å². The van der Waals surface area contributed by atoms with Crippen LogP contribution in [0.2, 0.25) is 0 Å². The second kappa shape index (κ2) is 11.6. The predicted octanol–water partition coefficient (Wildman–Crippen LogP) is 14.6. The number of hydrogen-bond donors (Lipinski definition) is 0. The lowest BCUT2D eigenvalue weighted by molar-refractivity contribution is 0.653. The first-order valence-electron chi connectivity index (χ1n) is 18.6. The van der Waals surface area contributed by atoms with E-state index in [0.29, 0.717) is 0 Å². The molecule has 3 nitrogen and oxygen atoms in total. The number of hydrogen-bond acceptors (Lipinski definition) is 3. The van der Waals surface area contributed by atoms with Gasteiger partial charge in [0.1, 0.15) is 22.3 Å². The van der Waals surface area contributed by atoms with Crippen molar-refractivity contribution in [2.45, 2.75) is 19.3 Å². The number of fused-ring (bicyclic) bond motifs is 10. The lowest BCUT2D eigenvalue weighted by Crippen LogP contribution is -2.14. The molecule has 0 unspecified atom stereocenters. The summed E-state index contributed by atoms with van der Waals surface area (Å²) in [5.74, 6) is 0. The summed E-state index contributed by atoms with van der Waals surface area (Å²) in [6.07, 6.45) is 0. The van der Waals surface area contributed by atoms with Crippen LogP contribution in [0.3, 0.4) is 0 Å². The van der Waals surface area contributed by atoms with Crippen molar-refractivity contribution in [2.24, 2.45) is 0 Å². The van der Waals surface area contributed by atoms with Gasteiger partial charge in [0, 0.05) is 38.5 Å². The molecule has 8 aromatic carbocycles. The topological polar surface area (TPSA) is 29.5 Å². The zero-order chi connectivity index (χ0) is 36.0. The second-order valence-electron chi connectivity index (χ2n) is 14.9. The average molecular weight is 694 g/mol. The summed E-state index contributed by atoms with van der Waals surface area (Å²) in [7, 11) is 0. The normalized spacial score (nSPS) is 13.1. The molecule has 0 radical (unpaired) electrons. The van der Waals surface area contributed by atoms with Gasteiger partial charge in [0.05, 0.1) is 11.1 Å². The molecule has 0 saturated heterocycles. The van der Waals surface area contributed by atoms with Crippen molar-refractivity contribution in [3.8, 4) is 33.4 Å². The first-order valence-corrected chi connectivity index (χ1v) is 18.6. The number of furan rings is 2. The van der Waals surface area contributed by atoms with Crippen LogP contribution in [0.5, 0.6) is 0 Å². The third kappa shape index (κ3) is 4.55. The Balaban J connectivity index is 1.08. The smallest absolute Gasteiger partial charge is 0.143 e. The van der Waals surface area contributed by atoms with Crippen LogP contribution in [0.25, 0.3) is 77.3 Å². The monoisotopic (exact) mass is 693 g/mol. The molecule has 1 aliphatic carbocycles. The van der Waals surface area contributed by atoms with Gasteiger partial charge in [-0.15, -0.1) is 0 Å². The number of para-hydroxylation sites is 1. The SMILES string of the molecule is CC1(C)c2ccccc2-c2c1ccc1c2oc2cccc(N(c3ccc(-c4ccccc4)cc3)c3ccc(-c4ccc5oc6ccccc6c5c4)cc3)c21. The van der Waals surface area contributed by atoms with E-state index in [1.807, 2.05) is 12.1 Å². The molecule has 11 rings (SSSR count). The van der Waals surface area contributed by atoms with Crippen molar-refractivity contribution in [1.82, 2.24) is 0 Å². The molecular formula is C51H35NO2. The van der Waals surface area contributed by atoms with Crippen LogP contribution in [-0.2, 0) is 5.41 Å². The van der Waals surface area contributed by atoms with Gasteiger partial charge in [-0.05, 0) is 93.5 Å². The van der Waals surface area contributed by atoms with E-state index < -0.39 is 0 Å². The Kier molecular flexibility index (Phi) is 6.60. The number of anilines is 3. The first kappa shape index (κ1) is 30.8. The van der Waals surface area contributed by atoms with Gasteiger partial charge in [-0.25, -0.2) is 0 Å². The van der Waals surface area contributed by atoms with Crippen LogP contribution >= 0.6 is 0 Å². The molecule has 2 aromatic heterocycles. The zero-order valence-corrected chi connectivity index (χ0v) is 30.0. The van der Waals surface area contributed by atoms with Crippen molar-refractivity contribution in [3.63, 3.8) is 0 Å². The van der Waals surface area contributed by atoms with E-state index in [-0.39, 0.29) is 5.41 Å². The minimum Gasteiger partial charge on any atom is -0.456 e. The summed E-state index contributed by atoms with van der Waals surface area (Å²) >= 11 is 0. The highest BCUT2D eigenvalue weighted by atomic mass is 16.3. The van der Waals surface area contributed by atoms with Gasteiger partial charge >= 0.3 is 0 Å². The summed E-state index contributed by atoms with van der Waals surface area (Å²) in [4.78, 5) is 2.37. The van der Waals surface area contributed by atoms with Gasteiger partial charge in [0.15, 0.2) is 0 Å². The molecule has 0 N–H and O–H groups in total. The molecule has 0 amide bonds. The van der Waals surface area contributed by atoms with Crippen LogP contribution in [-0.4, -0.2) is 0 Å². The summed E-state index contributed by atoms with van der Waals surface area (Å²) in [6.45, 7) is 4.63. The molecule has 0 bridgehead atoms. The number of rotatable bonds is 5. The Morgan fingerprint density at radius 1 is 0.426 bits per heavy atom.